The first-order valence-corrected chi connectivity index (χ1v) is 7.16. The summed E-state index contributed by atoms with van der Waals surface area (Å²) in [7, 11) is 1.67. The molecule has 1 atom stereocenters. The van der Waals surface area contributed by atoms with Crippen LogP contribution in [0.15, 0.2) is 30.7 Å². The standard InChI is InChI=1S/C15H15F3N4O/c1-21-9-12(13(20-21)10-2-5-19-6-3-10)14(23)22-7-4-11(8-22)15(16,17)18/h2-3,5-6,9,11H,4,7-8H2,1H3. The third-order valence-corrected chi connectivity index (χ3v) is 3.95. The highest BCUT2D eigenvalue weighted by Gasteiger charge is 2.45. The van der Waals surface area contributed by atoms with E-state index in [9.17, 15) is 18.0 Å². The molecule has 1 amide bonds. The van der Waals surface area contributed by atoms with Crippen LogP contribution in [0.5, 0.6) is 0 Å². The number of hydrogen-bond donors (Lipinski definition) is 0. The van der Waals surface area contributed by atoms with Crippen LogP contribution in [0.3, 0.4) is 0 Å². The molecule has 23 heavy (non-hydrogen) atoms. The summed E-state index contributed by atoms with van der Waals surface area (Å²) < 4.78 is 39.8. The maximum atomic E-state index is 12.8. The molecule has 0 saturated carbocycles. The van der Waals surface area contributed by atoms with E-state index in [0.717, 1.165) is 0 Å². The summed E-state index contributed by atoms with van der Waals surface area (Å²) in [5.74, 6) is -1.87. The molecule has 0 radical (unpaired) electrons. The fourth-order valence-electron chi connectivity index (χ4n) is 2.75. The Morgan fingerprint density at radius 2 is 2.00 bits per heavy atom. The van der Waals surface area contributed by atoms with Crippen LogP contribution in [0.4, 0.5) is 13.2 Å². The van der Waals surface area contributed by atoms with E-state index in [0.29, 0.717) is 16.8 Å². The molecule has 8 heteroatoms. The third-order valence-electron chi connectivity index (χ3n) is 3.95. The Bertz CT molecular complexity index is 711. The highest BCUT2D eigenvalue weighted by atomic mass is 19.4. The smallest absolute Gasteiger partial charge is 0.338 e. The van der Waals surface area contributed by atoms with E-state index in [2.05, 4.69) is 10.1 Å². The first-order valence-electron chi connectivity index (χ1n) is 7.16. The highest BCUT2D eigenvalue weighted by Crippen LogP contribution is 2.34. The lowest BCUT2D eigenvalue weighted by atomic mass is 10.1. The number of alkyl halides is 3. The van der Waals surface area contributed by atoms with Gasteiger partial charge in [-0.1, -0.05) is 0 Å². The van der Waals surface area contributed by atoms with Gasteiger partial charge in [0.1, 0.15) is 5.69 Å². The average Bonchev–Trinajstić information content (AvgIpc) is 3.13. The molecule has 0 spiro atoms. The largest absolute Gasteiger partial charge is 0.393 e. The van der Waals surface area contributed by atoms with E-state index in [-0.39, 0.29) is 19.5 Å². The number of halogens is 3. The van der Waals surface area contributed by atoms with Crippen molar-refractivity contribution in [3.05, 3.63) is 36.3 Å². The number of carbonyl (C=O) groups excluding carboxylic acids is 1. The van der Waals surface area contributed by atoms with Gasteiger partial charge in [0.15, 0.2) is 0 Å². The van der Waals surface area contributed by atoms with Gasteiger partial charge in [0.25, 0.3) is 5.91 Å². The summed E-state index contributed by atoms with van der Waals surface area (Å²) in [6.45, 7) is -0.194. The third kappa shape index (κ3) is 3.06. The molecule has 0 aromatic carbocycles. The molecule has 2 aromatic heterocycles. The molecule has 3 heterocycles. The predicted octanol–water partition coefficient (Wildman–Crippen LogP) is 2.51. The van der Waals surface area contributed by atoms with Crippen LogP contribution in [0, 0.1) is 5.92 Å². The van der Waals surface area contributed by atoms with Crippen molar-refractivity contribution in [2.45, 2.75) is 12.6 Å². The second kappa shape index (κ2) is 5.68. The predicted molar refractivity (Wildman–Crippen MR) is 76.5 cm³/mol. The average molecular weight is 324 g/mol. The maximum Gasteiger partial charge on any atom is 0.393 e. The number of hydrogen-bond acceptors (Lipinski definition) is 3. The van der Waals surface area contributed by atoms with Gasteiger partial charge in [0.2, 0.25) is 0 Å². The van der Waals surface area contributed by atoms with Gasteiger partial charge in [0.05, 0.1) is 11.5 Å². The van der Waals surface area contributed by atoms with Gasteiger partial charge in [-0.2, -0.15) is 18.3 Å². The number of carbonyl (C=O) groups is 1. The van der Waals surface area contributed by atoms with Crippen LogP contribution >= 0.6 is 0 Å². The van der Waals surface area contributed by atoms with Gasteiger partial charge in [-0.15, -0.1) is 0 Å². The Morgan fingerprint density at radius 1 is 1.30 bits per heavy atom. The van der Waals surface area contributed by atoms with Crippen molar-refractivity contribution in [2.75, 3.05) is 13.1 Å². The fraction of sp³-hybridized carbons (Fsp3) is 0.400. The lowest BCUT2D eigenvalue weighted by molar-refractivity contribution is -0.169. The van der Waals surface area contributed by atoms with E-state index >= 15 is 0 Å². The second-order valence-corrected chi connectivity index (χ2v) is 5.58. The summed E-state index contributed by atoms with van der Waals surface area (Å²) in [5, 5.41) is 4.26. The first kappa shape index (κ1) is 15.5. The summed E-state index contributed by atoms with van der Waals surface area (Å²) in [5.41, 5.74) is 1.47. The number of aryl methyl sites for hydroxylation is 1. The Morgan fingerprint density at radius 3 is 2.61 bits per heavy atom. The van der Waals surface area contributed by atoms with Crippen LogP contribution in [-0.2, 0) is 7.05 Å². The zero-order chi connectivity index (χ0) is 16.6. The molecular formula is C15H15F3N4O. The second-order valence-electron chi connectivity index (χ2n) is 5.58. The van der Waals surface area contributed by atoms with E-state index in [1.54, 1.807) is 37.8 Å². The summed E-state index contributed by atoms with van der Waals surface area (Å²) in [6, 6.07) is 3.42. The Kier molecular flexibility index (Phi) is 3.83. The molecule has 1 unspecified atom stereocenters. The normalized spacial score (nSPS) is 18.4. The lowest BCUT2D eigenvalue weighted by Gasteiger charge is -2.17. The molecule has 0 N–H and O–H groups in total. The monoisotopic (exact) mass is 324 g/mol. The topological polar surface area (TPSA) is 51.0 Å². The molecule has 2 aromatic rings. The van der Waals surface area contributed by atoms with Gasteiger partial charge >= 0.3 is 6.18 Å². The quantitative estimate of drug-likeness (QED) is 0.853. The molecule has 0 bridgehead atoms. The van der Waals surface area contributed by atoms with Crippen molar-refractivity contribution in [3.8, 4) is 11.3 Å². The van der Waals surface area contributed by atoms with E-state index in [1.807, 2.05) is 0 Å². The number of pyridine rings is 1. The number of amides is 1. The molecule has 122 valence electrons. The molecular weight excluding hydrogens is 309 g/mol. The molecule has 0 aliphatic carbocycles. The minimum Gasteiger partial charge on any atom is -0.338 e. The van der Waals surface area contributed by atoms with E-state index < -0.39 is 18.0 Å². The van der Waals surface area contributed by atoms with Gasteiger partial charge in [-0.05, 0) is 18.6 Å². The van der Waals surface area contributed by atoms with Gasteiger partial charge < -0.3 is 4.90 Å². The Balaban J connectivity index is 1.87. The van der Waals surface area contributed by atoms with Crippen LogP contribution < -0.4 is 0 Å². The number of nitrogens with zero attached hydrogens (tertiary/aromatic N) is 4. The molecule has 1 aliphatic heterocycles. The van der Waals surface area contributed by atoms with Crippen molar-refractivity contribution >= 4 is 5.91 Å². The first-order chi connectivity index (χ1) is 10.9. The molecule has 3 rings (SSSR count). The van der Waals surface area contributed by atoms with E-state index in [1.165, 1.54) is 9.58 Å². The van der Waals surface area contributed by atoms with E-state index in [4.69, 9.17) is 0 Å². The number of rotatable bonds is 2. The van der Waals surface area contributed by atoms with Crippen LogP contribution in [-0.4, -0.2) is 44.8 Å². The summed E-state index contributed by atoms with van der Waals surface area (Å²) in [4.78, 5) is 17.8. The van der Waals surface area contributed by atoms with Crippen molar-refractivity contribution < 1.29 is 18.0 Å². The Hall–Kier alpha value is -2.38. The SMILES string of the molecule is Cn1cc(C(=O)N2CCC(C(F)(F)F)C2)c(-c2ccncc2)n1. The van der Waals surface area contributed by atoms with Gasteiger partial charge in [0, 0.05) is 44.3 Å². The molecule has 1 saturated heterocycles. The minimum absolute atomic E-state index is 0.0555. The zero-order valence-corrected chi connectivity index (χ0v) is 12.4. The van der Waals surface area contributed by atoms with Crippen molar-refractivity contribution in [2.24, 2.45) is 13.0 Å². The van der Waals surface area contributed by atoms with Crippen molar-refractivity contribution in [1.29, 1.82) is 0 Å². The highest BCUT2D eigenvalue weighted by molar-refractivity contribution is 5.99. The van der Waals surface area contributed by atoms with Crippen molar-refractivity contribution in [3.63, 3.8) is 0 Å². The lowest BCUT2D eigenvalue weighted by Crippen LogP contribution is -2.32. The zero-order valence-electron chi connectivity index (χ0n) is 12.4. The molecule has 1 fully saturated rings. The summed E-state index contributed by atoms with van der Waals surface area (Å²) >= 11 is 0. The van der Waals surface area contributed by atoms with Crippen LogP contribution in [0.1, 0.15) is 16.8 Å². The van der Waals surface area contributed by atoms with Crippen LogP contribution in [0.25, 0.3) is 11.3 Å². The number of likely N-dealkylation sites (tertiary alicyclic amines) is 1. The van der Waals surface area contributed by atoms with Crippen LogP contribution in [0.2, 0.25) is 0 Å². The maximum absolute atomic E-state index is 12.8. The molecule has 1 aliphatic rings. The minimum atomic E-state index is -4.27. The van der Waals surface area contributed by atoms with Gasteiger partial charge in [-0.3, -0.25) is 14.5 Å². The molecule has 5 nitrogen and oxygen atoms in total. The Labute approximate surface area is 130 Å². The summed E-state index contributed by atoms with van der Waals surface area (Å²) in [6.07, 6.45) is 0.374. The van der Waals surface area contributed by atoms with Crippen molar-refractivity contribution in [1.82, 2.24) is 19.7 Å². The number of aromatic nitrogens is 3. The fourth-order valence-corrected chi connectivity index (χ4v) is 2.75. The van der Waals surface area contributed by atoms with Gasteiger partial charge in [-0.25, -0.2) is 0 Å².